The Hall–Kier alpha value is -3.61. The Morgan fingerprint density at radius 3 is 0.824 bits per heavy atom. The van der Waals surface area contributed by atoms with Crippen LogP contribution in [0, 0.1) is 0 Å². The molecule has 9 aliphatic rings. The predicted octanol–water partition coefficient (Wildman–Crippen LogP) is 12.4. The van der Waals surface area contributed by atoms with E-state index >= 15 is 0 Å². The molecular weight excluding hydrogens is 2420 g/mol. The maximum atomic E-state index is 11.5. The first-order chi connectivity index (χ1) is 50.4. The van der Waals surface area contributed by atoms with Crippen LogP contribution >= 0.6 is 222 Å². The highest BCUT2D eigenvalue weighted by Crippen LogP contribution is 2.40. The van der Waals surface area contributed by atoms with Crippen LogP contribution < -0.4 is 0 Å². The standard InChI is InChI=1S/C8H4BrNO2.C8H4ClNO2.C7H4BrNO3S.C7H4ClNO3S.C6H4BrNO4S2.C6H4ClNO4S2.C4H4BrNO2.C4H4ClNO2.C4H4INO2.Br2.Cl2.I2/c2*9-10-7(11)5-3-1-2-4-6(5)8(10)12;2*8-9-7(10)5-3-1-2-4-6(5)13(9,11)12;2*7-8-13(9,10)5-3-1-2-4-6(5)14(8,11)12;3*5-6-3(7)1-2-4(6)8;3*1-2/h2*1-4H;2*1-4H;2*1-4H;3*1-2H2;;;. The van der Waals surface area contributed by atoms with E-state index in [0.29, 0.717) is 60.1 Å². The fourth-order valence-corrected chi connectivity index (χ4v) is 22.1. The molecule has 9 aliphatic heterocycles. The van der Waals surface area contributed by atoms with Crippen molar-refractivity contribution >= 4 is 353 Å². The molecule has 0 aromatic heterocycles. The van der Waals surface area contributed by atoms with Gasteiger partial charge in [-0.1, -0.05) is 72.8 Å². The van der Waals surface area contributed by atoms with Gasteiger partial charge >= 0.3 is 0 Å². The van der Waals surface area contributed by atoms with Crippen LogP contribution in [0.2, 0.25) is 0 Å². The molecule has 3 saturated heterocycles. The molecule has 6 aromatic carbocycles. The van der Waals surface area contributed by atoms with Gasteiger partial charge in [0.25, 0.3) is 95.6 Å². The Morgan fingerprint density at radius 2 is 0.556 bits per heavy atom. The first kappa shape index (κ1) is 96.8. The summed E-state index contributed by atoms with van der Waals surface area (Å²) < 4.78 is 142. The highest BCUT2D eigenvalue weighted by Gasteiger charge is 2.48. The molecule has 108 heavy (non-hydrogen) atoms. The molecule has 33 nitrogen and oxygen atoms in total. The number of imide groups is 5. The second-order valence-corrected chi connectivity index (χ2v) is 38.0. The van der Waals surface area contributed by atoms with E-state index in [-0.39, 0.29) is 110 Å². The van der Waals surface area contributed by atoms with Crippen molar-refractivity contribution < 1.29 is 108 Å². The van der Waals surface area contributed by atoms with Gasteiger partial charge in [0.2, 0.25) is 35.4 Å². The van der Waals surface area contributed by atoms with E-state index in [2.05, 4.69) is 152 Å². The van der Waals surface area contributed by atoms with Crippen molar-refractivity contribution in [3.05, 3.63) is 179 Å². The zero-order valence-corrected chi connectivity index (χ0v) is 77.5. The predicted molar refractivity (Wildman–Crippen MR) is 433 cm³/mol. The lowest BCUT2D eigenvalue weighted by atomic mass is 10.1. The fourth-order valence-electron chi connectivity index (χ4n) is 8.60. The van der Waals surface area contributed by atoms with Crippen LogP contribution in [0.3, 0.4) is 0 Å². The lowest BCUT2D eigenvalue weighted by Crippen LogP contribution is -2.19. The van der Waals surface area contributed by atoms with E-state index in [0.717, 1.165) is 11.0 Å². The zero-order valence-electron chi connectivity index (χ0n) is 52.0. The van der Waals surface area contributed by atoms with Crippen LogP contribution in [-0.2, 0) is 88.9 Å². The number of nitrogens with zero attached hydrogens (tertiary/aromatic N) is 9. The molecule has 0 unspecified atom stereocenters. The third kappa shape index (κ3) is 21.5. The minimum absolute atomic E-state index is 0.0324. The van der Waals surface area contributed by atoms with Crippen LogP contribution in [0.5, 0.6) is 0 Å². The lowest BCUT2D eigenvalue weighted by molar-refractivity contribution is -0.133. The Morgan fingerprint density at radius 1 is 0.296 bits per heavy atom. The molecular formula is C54H36Br6Cl6I3N9O24S6. The van der Waals surface area contributed by atoms with Gasteiger partial charge in [-0.15, -0.1) is 3.82 Å². The molecule has 0 radical (unpaired) electrons. The summed E-state index contributed by atoms with van der Waals surface area (Å²) in [5, 5.41) is 0. The van der Waals surface area contributed by atoms with Crippen molar-refractivity contribution in [2.24, 2.45) is 0 Å². The summed E-state index contributed by atoms with van der Waals surface area (Å²) in [6.45, 7) is 0. The number of fused-ring (bicyclic) bond motifs is 6. The molecule has 12 amide bonds. The van der Waals surface area contributed by atoms with Crippen molar-refractivity contribution in [3.8, 4) is 0 Å². The molecule has 3 fully saturated rings. The van der Waals surface area contributed by atoms with Crippen LogP contribution in [0.4, 0.5) is 0 Å². The number of carbonyl (C=O) groups excluding carboxylic acids is 12. The summed E-state index contributed by atoms with van der Waals surface area (Å²) in [6, 6.07) is 36.0. The van der Waals surface area contributed by atoms with Crippen LogP contribution in [0.15, 0.2) is 175 Å². The van der Waals surface area contributed by atoms with E-state index in [4.69, 9.17) is 47.1 Å². The normalized spacial score (nSPS) is 18.6. The number of benzene rings is 6. The molecule has 0 saturated carbocycles. The molecule has 0 spiro atoms. The third-order valence-corrected chi connectivity index (χ3v) is 33.1. The van der Waals surface area contributed by atoms with Crippen molar-refractivity contribution in [2.75, 3.05) is 0 Å². The van der Waals surface area contributed by atoms with Crippen LogP contribution in [0.25, 0.3) is 0 Å². The summed E-state index contributed by atoms with van der Waals surface area (Å²) >= 11 is 43.5. The van der Waals surface area contributed by atoms with E-state index < -0.39 is 83.8 Å². The molecule has 0 atom stereocenters. The summed E-state index contributed by atoms with van der Waals surface area (Å²) in [4.78, 5) is 129. The molecule has 54 heteroatoms. The van der Waals surface area contributed by atoms with Gasteiger partial charge in [-0.3, -0.25) is 57.5 Å². The molecule has 0 aliphatic carbocycles. The molecule has 582 valence electrons. The Labute approximate surface area is 730 Å². The quantitative estimate of drug-likeness (QED) is 0.0774. The van der Waals surface area contributed by atoms with Gasteiger partial charge < -0.3 is 0 Å². The van der Waals surface area contributed by atoms with Crippen LogP contribution in [0.1, 0.15) is 101 Å². The minimum Gasteiger partial charge on any atom is -0.274 e. The van der Waals surface area contributed by atoms with Gasteiger partial charge in [-0.2, -0.15) is 20.6 Å². The number of rotatable bonds is 0. The van der Waals surface area contributed by atoms with Gasteiger partial charge in [-0.05, 0) is 75.5 Å². The smallest absolute Gasteiger partial charge is 0.274 e. The lowest BCUT2D eigenvalue weighted by Gasteiger charge is -2.01. The van der Waals surface area contributed by atoms with Crippen molar-refractivity contribution in [1.82, 2.24) is 32.9 Å². The fraction of sp³-hybridized carbons (Fsp3) is 0.111. The number of carbonyl (C=O) groups is 12. The van der Waals surface area contributed by atoms with E-state index in [9.17, 15) is 108 Å². The Balaban J connectivity index is 0.000000256. The SMILES string of the molecule is BrBr.ClCl.II.O=C1CCC(=O)N1Br.O=C1CCC(=O)N1Cl.O=C1CCC(=O)N1I.O=C1c2ccccc2C(=O)N1Br.O=C1c2ccccc2C(=O)N1Cl.O=C1c2ccccc2S(=O)(=O)N1Br.O=C1c2ccccc2S(=O)(=O)N1Cl.O=S1(=O)c2ccccc2S(=O)(=O)N1Br.O=S1(=O)c2ccccc2S(=O)(=O)N1Cl. The van der Waals surface area contributed by atoms with Crippen molar-refractivity contribution in [1.29, 1.82) is 0 Å². The second-order valence-electron chi connectivity index (χ2n) is 19.8. The highest BCUT2D eigenvalue weighted by molar-refractivity contribution is 15.0. The van der Waals surface area contributed by atoms with Gasteiger partial charge in [0, 0.05) is 192 Å². The Kier molecular flexibility index (Phi) is 37.3. The molecule has 0 N–H and O–H groups in total. The summed E-state index contributed by atoms with van der Waals surface area (Å²) in [6.07, 6.45) is 2.02. The number of sulfonamides is 6. The molecule has 0 bridgehead atoms. The number of hydrogen-bond acceptors (Lipinski definition) is 24. The van der Waals surface area contributed by atoms with Gasteiger partial charge in [0.15, 0.2) is 0 Å². The molecule has 6 aromatic rings. The van der Waals surface area contributed by atoms with Gasteiger partial charge in [0.1, 0.15) is 29.4 Å². The monoisotopic (exact) mass is 2450 g/mol. The molecule has 9 heterocycles. The van der Waals surface area contributed by atoms with E-state index in [1.807, 2.05) is 0 Å². The summed E-state index contributed by atoms with van der Waals surface area (Å²) in [7, 11) is -15.2. The minimum atomic E-state index is -4.08. The number of amides is 12. The average Bonchev–Trinajstić information content (AvgIpc) is 1.59. The topological polar surface area (TPSA) is 439 Å². The highest BCUT2D eigenvalue weighted by atomic mass is 128. The second kappa shape index (κ2) is 41.6. The van der Waals surface area contributed by atoms with E-state index in [1.165, 1.54) is 72.8 Å². The third-order valence-electron chi connectivity index (χ3n) is 13.6. The largest absolute Gasteiger partial charge is 0.284 e. The van der Waals surface area contributed by atoms with Crippen LogP contribution in [-0.4, -0.2) is 154 Å². The Bertz CT molecular complexity index is 4780. The summed E-state index contributed by atoms with van der Waals surface area (Å²) in [5.41, 5.74) is 1.99. The van der Waals surface area contributed by atoms with Gasteiger partial charge in [0.05, 0.1) is 105 Å². The van der Waals surface area contributed by atoms with Crippen molar-refractivity contribution in [2.45, 2.75) is 67.9 Å². The van der Waals surface area contributed by atoms with Gasteiger partial charge in [-0.25, -0.2) is 53.1 Å². The average molecular weight is 2460 g/mol. The number of hydrogen-bond donors (Lipinski definition) is 0. The maximum absolute atomic E-state index is 11.5. The van der Waals surface area contributed by atoms with E-state index in [1.54, 1.807) is 95.7 Å². The maximum Gasteiger partial charge on any atom is 0.284 e. The first-order valence-electron chi connectivity index (χ1n) is 27.5. The summed E-state index contributed by atoms with van der Waals surface area (Å²) in [5.74, 6) is -3.75. The molecule has 15 rings (SSSR count). The first-order valence-corrected chi connectivity index (χ1v) is 52.4. The van der Waals surface area contributed by atoms with Crippen molar-refractivity contribution in [3.63, 3.8) is 0 Å². The number of halogens is 15. The zero-order chi connectivity index (χ0) is 82.3.